The number of carbonyl (C=O) groups is 4. The van der Waals surface area contributed by atoms with Crippen LogP contribution in [0.15, 0.2) is 0 Å². The van der Waals surface area contributed by atoms with E-state index in [-0.39, 0.29) is 36.5 Å². The lowest BCUT2D eigenvalue weighted by molar-refractivity contribution is -0.156. The van der Waals surface area contributed by atoms with Crippen LogP contribution in [-0.2, 0) is 47.0 Å². The molecule has 0 heterocycles. The number of hydrogen-bond donors (Lipinski definition) is 0. The van der Waals surface area contributed by atoms with Crippen molar-refractivity contribution in [1.82, 2.24) is 0 Å². The topological polar surface area (TPSA) is 124 Å². The van der Waals surface area contributed by atoms with E-state index in [2.05, 4.69) is 41.5 Å². The fourth-order valence-corrected chi connectivity index (χ4v) is 9.02. The summed E-state index contributed by atoms with van der Waals surface area (Å²) in [5, 5.41) is -0.615. The Balaban J connectivity index is 4.68. The molecule has 13 heteroatoms. The largest absolute Gasteiger partial charge is 0.465 e. The predicted molar refractivity (Wildman–Crippen MR) is 150 cm³/mol. The predicted octanol–water partition coefficient (Wildman–Crippen LogP) is 5.05. The van der Waals surface area contributed by atoms with E-state index in [1.165, 1.54) is 0 Å². The van der Waals surface area contributed by atoms with Crippen molar-refractivity contribution in [2.45, 2.75) is 90.1 Å². The molecule has 0 unspecified atom stereocenters. The van der Waals surface area contributed by atoms with Gasteiger partial charge in [-0.05, 0) is 12.8 Å². The van der Waals surface area contributed by atoms with Gasteiger partial charge in [0.15, 0.2) is 0 Å². The minimum atomic E-state index is -2.89. The first-order valence-electron chi connectivity index (χ1n) is 13.2. The molecule has 0 spiro atoms. The van der Waals surface area contributed by atoms with Crippen LogP contribution in [0.25, 0.3) is 0 Å². The zero-order chi connectivity index (χ0) is 30.0. The third-order valence-corrected chi connectivity index (χ3v) is 11.1. The lowest BCUT2D eigenvalue weighted by atomic mass is 10.2. The van der Waals surface area contributed by atoms with E-state index in [0.717, 1.165) is 0 Å². The normalized spacial score (nSPS) is 12.1. The van der Waals surface area contributed by atoms with Crippen LogP contribution in [0.1, 0.15) is 80.1 Å². The molecule has 0 atom stereocenters. The van der Waals surface area contributed by atoms with Crippen molar-refractivity contribution in [2.75, 3.05) is 51.4 Å². The van der Waals surface area contributed by atoms with Gasteiger partial charge in [0.2, 0.25) is 0 Å². The zero-order valence-electron chi connectivity index (χ0n) is 24.2. The summed E-state index contributed by atoms with van der Waals surface area (Å²) in [6.45, 7) is 13.5. The SMILES string of the molecule is CC(C)(C)[Si](OCCCOC(=O)CC(=O)OCCCCl)(OCCCOC(=O)CC(=O)OCCCCl)C(C)(C)C. The van der Waals surface area contributed by atoms with Gasteiger partial charge in [0, 0.05) is 47.9 Å². The molecule has 0 aromatic heterocycles. The summed E-state index contributed by atoms with van der Waals surface area (Å²) in [4.78, 5) is 46.9. The number of halogens is 2. The molecule has 0 saturated carbocycles. The molecule has 228 valence electrons. The molecular formula is C26H46Cl2O10Si. The van der Waals surface area contributed by atoms with Gasteiger partial charge in [-0.3, -0.25) is 19.2 Å². The van der Waals surface area contributed by atoms with Gasteiger partial charge >= 0.3 is 32.4 Å². The maximum absolute atomic E-state index is 11.9. The first-order valence-corrected chi connectivity index (χ1v) is 16.1. The van der Waals surface area contributed by atoms with E-state index in [1.807, 2.05) is 0 Å². The van der Waals surface area contributed by atoms with Gasteiger partial charge in [-0.1, -0.05) is 41.5 Å². The summed E-state index contributed by atoms with van der Waals surface area (Å²) in [5.74, 6) is -1.86. The van der Waals surface area contributed by atoms with Gasteiger partial charge in [-0.2, -0.15) is 0 Å². The van der Waals surface area contributed by atoms with E-state index in [0.29, 0.717) is 50.7 Å². The van der Waals surface area contributed by atoms with E-state index in [1.54, 1.807) is 0 Å². The van der Waals surface area contributed by atoms with Crippen LogP contribution in [0, 0.1) is 0 Å². The Kier molecular flexibility index (Phi) is 18.9. The molecule has 0 fully saturated rings. The van der Waals surface area contributed by atoms with Crippen LogP contribution >= 0.6 is 23.2 Å². The molecule has 0 rings (SSSR count). The quantitative estimate of drug-likeness (QED) is 0.0458. The van der Waals surface area contributed by atoms with E-state index >= 15 is 0 Å². The van der Waals surface area contributed by atoms with Gasteiger partial charge < -0.3 is 27.8 Å². The fraction of sp³-hybridized carbons (Fsp3) is 0.846. The Morgan fingerprint density at radius 1 is 0.513 bits per heavy atom. The highest BCUT2D eigenvalue weighted by Gasteiger charge is 2.58. The van der Waals surface area contributed by atoms with Crippen molar-refractivity contribution in [3.63, 3.8) is 0 Å². The van der Waals surface area contributed by atoms with E-state index in [4.69, 9.17) is 51.0 Å². The molecule has 0 aliphatic rings. The monoisotopic (exact) mass is 616 g/mol. The molecule has 0 aromatic carbocycles. The second-order valence-electron chi connectivity index (χ2n) is 10.8. The number of carbonyl (C=O) groups excluding carboxylic acids is 4. The number of alkyl halides is 2. The van der Waals surface area contributed by atoms with Gasteiger partial charge in [0.1, 0.15) is 12.8 Å². The summed E-state index contributed by atoms with van der Waals surface area (Å²) in [6, 6.07) is 0. The lowest BCUT2D eigenvalue weighted by Gasteiger charge is -2.49. The summed E-state index contributed by atoms with van der Waals surface area (Å²) in [6.07, 6.45) is 0.994. The Labute approximate surface area is 243 Å². The van der Waals surface area contributed by atoms with Gasteiger partial charge in [-0.15, -0.1) is 23.2 Å². The minimum absolute atomic E-state index is 0.0941. The number of ether oxygens (including phenoxy) is 4. The highest BCUT2D eigenvalue weighted by Crippen LogP contribution is 2.52. The molecule has 0 aliphatic carbocycles. The van der Waals surface area contributed by atoms with E-state index < -0.39 is 45.3 Å². The number of esters is 4. The Hall–Kier alpha value is -1.40. The smallest absolute Gasteiger partial charge is 0.349 e. The van der Waals surface area contributed by atoms with Crippen LogP contribution in [0.4, 0.5) is 0 Å². The molecule has 0 aromatic rings. The first kappa shape index (κ1) is 37.6. The van der Waals surface area contributed by atoms with Crippen LogP contribution < -0.4 is 0 Å². The third kappa shape index (κ3) is 15.8. The molecule has 0 aliphatic heterocycles. The van der Waals surface area contributed by atoms with Crippen molar-refractivity contribution >= 4 is 55.6 Å². The summed E-state index contributed by atoms with van der Waals surface area (Å²) < 4.78 is 33.0. The fourth-order valence-electron chi connectivity index (χ4n) is 3.88. The molecule has 0 amide bonds. The Morgan fingerprint density at radius 2 is 0.795 bits per heavy atom. The van der Waals surface area contributed by atoms with E-state index in [9.17, 15) is 19.2 Å². The Morgan fingerprint density at radius 3 is 1.05 bits per heavy atom. The van der Waals surface area contributed by atoms with Gasteiger partial charge in [0.25, 0.3) is 0 Å². The van der Waals surface area contributed by atoms with Crippen molar-refractivity contribution in [3.8, 4) is 0 Å². The van der Waals surface area contributed by atoms with Crippen LogP contribution in [-0.4, -0.2) is 83.8 Å². The van der Waals surface area contributed by atoms with Crippen molar-refractivity contribution < 1.29 is 47.0 Å². The van der Waals surface area contributed by atoms with Gasteiger partial charge in [-0.25, -0.2) is 0 Å². The highest BCUT2D eigenvalue weighted by atomic mass is 35.5. The number of rotatable bonds is 20. The molecular weight excluding hydrogens is 571 g/mol. The molecule has 10 nitrogen and oxygen atoms in total. The van der Waals surface area contributed by atoms with Crippen molar-refractivity contribution in [2.24, 2.45) is 0 Å². The average molecular weight is 618 g/mol. The summed E-state index contributed by atoms with van der Waals surface area (Å²) in [7, 11) is -2.89. The first-order chi connectivity index (χ1) is 18.2. The van der Waals surface area contributed by atoms with Crippen LogP contribution in [0.2, 0.25) is 10.1 Å². The van der Waals surface area contributed by atoms with Crippen molar-refractivity contribution in [3.05, 3.63) is 0 Å². The van der Waals surface area contributed by atoms with Crippen molar-refractivity contribution in [1.29, 1.82) is 0 Å². The summed E-state index contributed by atoms with van der Waals surface area (Å²) >= 11 is 11.1. The highest BCUT2D eigenvalue weighted by molar-refractivity contribution is 6.73. The second kappa shape index (κ2) is 19.6. The molecule has 0 N–H and O–H groups in total. The van der Waals surface area contributed by atoms with Crippen LogP contribution in [0.5, 0.6) is 0 Å². The third-order valence-electron chi connectivity index (χ3n) is 5.35. The molecule has 39 heavy (non-hydrogen) atoms. The van der Waals surface area contributed by atoms with Crippen LogP contribution in [0.3, 0.4) is 0 Å². The lowest BCUT2D eigenvalue weighted by Crippen LogP contribution is -2.57. The standard InChI is InChI=1S/C26H46Cl2O10Si/c1-25(2,3)39(26(4,5)6,37-17-9-15-35-23(31)19-21(29)33-13-7-11-27)38-18-10-16-36-24(32)20-22(30)34-14-8-12-28/h7-20H2,1-6H3. The second-order valence-corrected chi connectivity index (χ2v) is 16.4. The maximum Gasteiger partial charge on any atom is 0.349 e. The summed E-state index contributed by atoms with van der Waals surface area (Å²) in [5.41, 5.74) is 0. The molecule has 0 bridgehead atoms. The molecule has 0 saturated heterocycles. The zero-order valence-corrected chi connectivity index (χ0v) is 26.7. The molecule has 0 radical (unpaired) electrons. The minimum Gasteiger partial charge on any atom is -0.465 e. The number of hydrogen-bond acceptors (Lipinski definition) is 10. The maximum atomic E-state index is 11.9. The average Bonchev–Trinajstić information content (AvgIpc) is 2.81. The Bertz CT molecular complexity index is 688. The van der Waals surface area contributed by atoms with Gasteiger partial charge in [0.05, 0.1) is 26.4 Å².